The Morgan fingerprint density at radius 1 is 1.47 bits per heavy atom. The summed E-state index contributed by atoms with van der Waals surface area (Å²) in [5, 5.41) is 2.42. The van der Waals surface area contributed by atoms with Crippen molar-refractivity contribution in [2.24, 2.45) is 0 Å². The highest BCUT2D eigenvalue weighted by molar-refractivity contribution is 5.87. The fourth-order valence-corrected chi connectivity index (χ4v) is 1.26. The lowest BCUT2D eigenvalue weighted by molar-refractivity contribution is 0.0635. The highest BCUT2D eigenvalue weighted by atomic mass is 19.1. The highest BCUT2D eigenvalue weighted by Gasteiger charge is 2.17. The number of carbonyl (C=O) groups is 1. The zero-order valence-corrected chi connectivity index (χ0v) is 11.1. The molecule has 1 amide bonds. The minimum atomic E-state index is -0.691. The SMILES string of the molecule is C#CCOc1ccc(F)cc1NC(=O)OC(C)(C)C. The van der Waals surface area contributed by atoms with Crippen molar-refractivity contribution in [3.8, 4) is 18.1 Å². The predicted molar refractivity (Wildman–Crippen MR) is 70.6 cm³/mol. The van der Waals surface area contributed by atoms with Gasteiger partial charge in [-0.25, -0.2) is 9.18 Å². The van der Waals surface area contributed by atoms with Crippen LogP contribution >= 0.6 is 0 Å². The van der Waals surface area contributed by atoms with Crippen molar-refractivity contribution in [3.63, 3.8) is 0 Å². The number of rotatable bonds is 3. The Morgan fingerprint density at radius 2 is 2.16 bits per heavy atom. The summed E-state index contributed by atoms with van der Waals surface area (Å²) in [5.74, 6) is 2.07. The van der Waals surface area contributed by atoms with E-state index in [9.17, 15) is 9.18 Å². The number of benzene rings is 1. The molecular formula is C14H16FNO3. The van der Waals surface area contributed by atoms with E-state index in [0.717, 1.165) is 6.07 Å². The lowest BCUT2D eigenvalue weighted by atomic mass is 10.2. The minimum Gasteiger partial charge on any atom is -0.479 e. The molecule has 0 heterocycles. The van der Waals surface area contributed by atoms with E-state index < -0.39 is 17.5 Å². The van der Waals surface area contributed by atoms with Gasteiger partial charge in [0.05, 0.1) is 5.69 Å². The quantitative estimate of drug-likeness (QED) is 0.854. The van der Waals surface area contributed by atoms with Crippen molar-refractivity contribution in [2.45, 2.75) is 26.4 Å². The van der Waals surface area contributed by atoms with E-state index >= 15 is 0 Å². The molecular weight excluding hydrogens is 249 g/mol. The van der Waals surface area contributed by atoms with Crippen LogP contribution < -0.4 is 10.1 Å². The first-order chi connectivity index (χ1) is 8.81. The number of halogens is 1. The van der Waals surface area contributed by atoms with Gasteiger partial charge in [-0.1, -0.05) is 5.92 Å². The Morgan fingerprint density at radius 3 is 2.74 bits per heavy atom. The van der Waals surface area contributed by atoms with Crippen LogP contribution in [0.3, 0.4) is 0 Å². The van der Waals surface area contributed by atoms with Crippen molar-refractivity contribution in [1.29, 1.82) is 0 Å². The van der Waals surface area contributed by atoms with Crippen LogP contribution in [-0.4, -0.2) is 18.3 Å². The van der Waals surface area contributed by atoms with Gasteiger partial charge in [0.1, 0.15) is 23.8 Å². The molecule has 0 aromatic heterocycles. The van der Waals surface area contributed by atoms with Crippen LogP contribution in [-0.2, 0) is 4.74 Å². The first-order valence-corrected chi connectivity index (χ1v) is 5.67. The molecule has 1 rings (SSSR count). The van der Waals surface area contributed by atoms with Gasteiger partial charge >= 0.3 is 6.09 Å². The largest absolute Gasteiger partial charge is 0.479 e. The predicted octanol–water partition coefficient (Wildman–Crippen LogP) is 3.18. The first-order valence-electron chi connectivity index (χ1n) is 5.67. The average Bonchev–Trinajstić information content (AvgIpc) is 2.25. The molecule has 19 heavy (non-hydrogen) atoms. The molecule has 0 aliphatic heterocycles. The van der Waals surface area contributed by atoms with Gasteiger partial charge in [-0.2, -0.15) is 0 Å². The fourth-order valence-electron chi connectivity index (χ4n) is 1.26. The summed E-state index contributed by atoms with van der Waals surface area (Å²) in [5.41, 5.74) is -0.471. The van der Waals surface area contributed by atoms with Crippen LogP contribution in [0, 0.1) is 18.2 Å². The van der Waals surface area contributed by atoms with Crippen LogP contribution in [0.4, 0.5) is 14.9 Å². The number of terminal acetylenes is 1. The maximum Gasteiger partial charge on any atom is 0.412 e. The molecule has 0 spiro atoms. The summed E-state index contributed by atoms with van der Waals surface area (Å²) in [6, 6.07) is 3.74. The molecule has 1 aromatic rings. The van der Waals surface area contributed by atoms with E-state index in [2.05, 4.69) is 11.2 Å². The summed E-state index contributed by atoms with van der Waals surface area (Å²) in [7, 11) is 0. The van der Waals surface area contributed by atoms with E-state index in [0.29, 0.717) is 0 Å². The van der Waals surface area contributed by atoms with Crippen LogP contribution in [0.15, 0.2) is 18.2 Å². The van der Waals surface area contributed by atoms with E-state index in [1.165, 1.54) is 12.1 Å². The molecule has 0 saturated heterocycles. The van der Waals surface area contributed by atoms with Gasteiger partial charge in [0.2, 0.25) is 0 Å². The maximum absolute atomic E-state index is 13.2. The molecule has 0 atom stereocenters. The van der Waals surface area contributed by atoms with E-state index in [-0.39, 0.29) is 18.0 Å². The van der Waals surface area contributed by atoms with E-state index in [4.69, 9.17) is 15.9 Å². The molecule has 0 radical (unpaired) electrons. The molecule has 0 unspecified atom stereocenters. The molecule has 0 aliphatic carbocycles. The molecule has 1 N–H and O–H groups in total. The fraction of sp³-hybridized carbons (Fsp3) is 0.357. The smallest absolute Gasteiger partial charge is 0.412 e. The minimum absolute atomic E-state index is 0.0225. The van der Waals surface area contributed by atoms with Gasteiger partial charge in [0.25, 0.3) is 0 Å². The third-order valence-corrected chi connectivity index (χ3v) is 1.89. The normalized spacial score (nSPS) is 10.5. The van der Waals surface area contributed by atoms with Gasteiger partial charge in [-0.3, -0.25) is 5.32 Å². The van der Waals surface area contributed by atoms with Crippen LogP contribution in [0.25, 0.3) is 0 Å². The molecule has 0 bridgehead atoms. The van der Waals surface area contributed by atoms with Gasteiger partial charge < -0.3 is 9.47 Å². The summed E-state index contributed by atoms with van der Waals surface area (Å²) in [6.07, 6.45) is 4.39. The van der Waals surface area contributed by atoms with Crippen molar-refractivity contribution < 1.29 is 18.7 Å². The van der Waals surface area contributed by atoms with Crippen molar-refractivity contribution in [1.82, 2.24) is 0 Å². The molecule has 102 valence electrons. The Bertz CT molecular complexity index is 500. The number of nitrogens with one attached hydrogen (secondary N) is 1. The molecule has 4 nitrogen and oxygen atoms in total. The maximum atomic E-state index is 13.2. The summed E-state index contributed by atoms with van der Waals surface area (Å²) in [6.45, 7) is 5.21. The number of carbonyl (C=O) groups excluding carboxylic acids is 1. The summed E-state index contributed by atoms with van der Waals surface area (Å²) in [4.78, 5) is 11.6. The third kappa shape index (κ3) is 5.30. The van der Waals surface area contributed by atoms with Crippen LogP contribution in [0.5, 0.6) is 5.75 Å². The number of ether oxygens (including phenoxy) is 2. The second-order valence-corrected chi connectivity index (χ2v) is 4.76. The van der Waals surface area contributed by atoms with Crippen molar-refractivity contribution in [3.05, 3.63) is 24.0 Å². The Kier molecular flexibility index (Phi) is 4.76. The van der Waals surface area contributed by atoms with E-state index in [1.807, 2.05) is 0 Å². The average molecular weight is 265 g/mol. The lowest BCUT2D eigenvalue weighted by Crippen LogP contribution is -2.27. The number of hydrogen-bond donors (Lipinski definition) is 1. The molecule has 0 aliphatic rings. The van der Waals surface area contributed by atoms with Crippen molar-refractivity contribution in [2.75, 3.05) is 11.9 Å². The highest BCUT2D eigenvalue weighted by Crippen LogP contribution is 2.26. The summed E-state index contributed by atoms with van der Waals surface area (Å²) >= 11 is 0. The molecule has 0 fully saturated rings. The van der Waals surface area contributed by atoms with Gasteiger partial charge in [0.15, 0.2) is 0 Å². The topological polar surface area (TPSA) is 47.6 Å². The second-order valence-electron chi connectivity index (χ2n) is 4.76. The number of amides is 1. The van der Waals surface area contributed by atoms with E-state index in [1.54, 1.807) is 20.8 Å². The number of hydrogen-bond acceptors (Lipinski definition) is 3. The molecule has 1 aromatic carbocycles. The zero-order valence-electron chi connectivity index (χ0n) is 11.1. The van der Waals surface area contributed by atoms with Gasteiger partial charge in [0, 0.05) is 6.07 Å². The molecule has 5 heteroatoms. The first kappa shape index (κ1) is 14.8. The third-order valence-electron chi connectivity index (χ3n) is 1.89. The Balaban J connectivity index is 2.84. The van der Waals surface area contributed by atoms with Gasteiger partial charge in [-0.15, -0.1) is 6.42 Å². The summed E-state index contributed by atoms with van der Waals surface area (Å²) < 4.78 is 23.4. The zero-order chi connectivity index (χ0) is 14.5. The van der Waals surface area contributed by atoms with Crippen LogP contribution in [0.2, 0.25) is 0 Å². The Labute approximate surface area is 111 Å². The van der Waals surface area contributed by atoms with Gasteiger partial charge in [-0.05, 0) is 32.9 Å². The molecule has 0 saturated carbocycles. The second kappa shape index (κ2) is 6.10. The van der Waals surface area contributed by atoms with Crippen molar-refractivity contribution >= 4 is 11.8 Å². The Hall–Kier alpha value is -2.22. The standard InChI is InChI=1S/C14H16FNO3/c1-5-8-18-12-7-6-10(15)9-11(12)16-13(17)19-14(2,3)4/h1,6-7,9H,8H2,2-4H3,(H,16,17). The monoisotopic (exact) mass is 265 g/mol. The van der Waals surface area contributed by atoms with Crippen LogP contribution in [0.1, 0.15) is 20.8 Å². The lowest BCUT2D eigenvalue weighted by Gasteiger charge is -2.20. The number of anilines is 1.